The maximum absolute atomic E-state index is 13.4. The summed E-state index contributed by atoms with van der Waals surface area (Å²) < 4.78 is 16.6. The Labute approximate surface area is 194 Å². The summed E-state index contributed by atoms with van der Waals surface area (Å²) >= 11 is 1.73. The van der Waals surface area contributed by atoms with E-state index in [0.717, 1.165) is 24.9 Å². The molecule has 0 fully saturated rings. The van der Waals surface area contributed by atoms with Crippen molar-refractivity contribution in [1.82, 2.24) is 9.80 Å². The summed E-state index contributed by atoms with van der Waals surface area (Å²) in [6.07, 6.45) is 1.14. The fraction of sp³-hybridized carbons (Fsp3) is 0.542. The fourth-order valence-corrected chi connectivity index (χ4v) is 5.09. The second-order valence-corrected chi connectivity index (χ2v) is 8.96. The highest BCUT2D eigenvalue weighted by Crippen LogP contribution is 2.35. The number of hydrogen-bond donors (Lipinski definition) is 1. The average Bonchev–Trinajstić information content (AvgIpc) is 3.27. The predicted octanol–water partition coefficient (Wildman–Crippen LogP) is 2.98. The maximum Gasteiger partial charge on any atom is 0.237 e. The van der Waals surface area contributed by atoms with Crippen LogP contribution >= 0.6 is 11.3 Å². The molecule has 1 amide bonds. The van der Waals surface area contributed by atoms with Crippen molar-refractivity contribution in [1.29, 1.82) is 0 Å². The summed E-state index contributed by atoms with van der Waals surface area (Å²) in [6.45, 7) is 4.76. The van der Waals surface area contributed by atoms with E-state index in [1.165, 1.54) is 4.88 Å². The van der Waals surface area contributed by atoms with Crippen LogP contribution in [0.5, 0.6) is 11.5 Å². The van der Waals surface area contributed by atoms with Crippen molar-refractivity contribution in [2.45, 2.75) is 31.9 Å². The lowest BCUT2D eigenvalue weighted by Crippen LogP contribution is -2.48. The van der Waals surface area contributed by atoms with E-state index in [2.05, 4.69) is 18.4 Å². The molecule has 0 bridgehead atoms. The molecule has 2 aromatic rings. The fourth-order valence-electron chi connectivity index (χ4n) is 4.16. The van der Waals surface area contributed by atoms with Gasteiger partial charge in [-0.05, 0) is 48.5 Å². The molecule has 0 saturated heterocycles. The van der Waals surface area contributed by atoms with Crippen LogP contribution in [-0.2, 0) is 16.0 Å². The minimum atomic E-state index is -0.617. The number of benzene rings is 1. The highest BCUT2D eigenvalue weighted by molar-refractivity contribution is 7.10. The zero-order valence-electron chi connectivity index (χ0n) is 19.2. The van der Waals surface area contributed by atoms with E-state index in [1.54, 1.807) is 25.6 Å². The van der Waals surface area contributed by atoms with Crippen LogP contribution in [0.25, 0.3) is 0 Å². The van der Waals surface area contributed by atoms with Gasteiger partial charge in [-0.1, -0.05) is 19.1 Å². The zero-order valence-corrected chi connectivity index (χ0v) is 20.0. The van der Waals surface area contributed by atoms with E-state index in [4.69, 9.17) is 14.2 Å². The monoisotopic (exact) mass is 462 g/mol. The summed E-state index contributed by atoms with van der Waals surface area (Å²) in [7, 11) is 3.19. The normalized spacial score (nSPS) is 16.7. The Bertz CT molecular complexity index is 858. The van der Waals surface area contributed by atoms with Crippen LogP contribution in [0.2, 0.25) is 0 Å². The number of carbonyl (C=O) groups excluding carboxylic acids is 1. The van der Waals surface area contributed by atoms with Gasteiger partial charge in [0.25, 0.3) is 0 Å². The molecule has 176 valence electrons. The summed E-state index contributed by atoms with van der Waals surface area (Å²) in [5.74, 6) is 1.39. The number of ether oxygens (including phenoxy) is 3. The molecule has 3 rings (SSSR count). The Balaban J connectivity index is 1.73. The standard InChI is InChI=1S/C24H34N2O5S/c1-4-11-25(14-18(27)16-29-2)15-24(28)26-12-9-23-19(10-13-32-23)20(26)17-31-22-8-6-5-7-21(22)30-3/h5-8,10,13,18,20,27H,4,9,11-12,14-17H2,1-3H3/t18-,20-/m1/s1. The van der Waals surface area contributed by atoms with Crippen molar-refractivity contribution in [2.75, 3.05) is 53.6 Å². The van der Waals surface area contributed by atoms with Gasteiger partial charge in [-0.3, -0.25) is 9.69 Å². The van der Waals surface area contributed by atoms with Crippen LogP contribution in [0.15, 0.2) is 35.7 Å². The number of methoxy groups -OCH3 is 2. The van der Waals surface area contributed by atoms with Gasteiger partial charge in [0.05, 0.1) is 32.4 Å². The molecule has 0 unspecified atom stereocenters. The van der Waals surface area contributed by atoms with Gasteiger partial charge in [-0.15, -0.1) is 11.3 Å². The third-order valence-corrected chi connectivity index (χ3v) is 6.60. The second-order valence-electron chi connectivity index (χ2n) is 7.96. The van der Waals surface area contributed by atoms with Gasteiger partial charge in [-0.2, -0.15) is 0 Å². The number of fused-ring (bicyclic) bond motifs is 1. The first-order chi connectivity index (χ1) is 15.6. The lowest BCUT2D eigenvalue weighted by Gasteiger charge is -2.37. The van der Waals surface area contributed by atoms with Crippen LogP contribution in [0.3, 0.4) is 0 Å². The Morgan fingerprint density at radius 3 is 2.78 bits per heavy atom. The van der Waals surface area contributed by atoms with Crippen molar-refractivity contribution in [2.24, 2.45) is 0 Å². The van der Waals surface area contributed by atoms with E-state index in [9.17, 15) is 9.90 Å². The van der Waals surface area contributed by atoms with Gasteiger partial charge < -0.3 is 24.2 Å². The van der Waals surface area contributed by atoms with Gasteiger partial charge >= 0.3 is 0 Å². The predicted molar refractivity (Wildman–Crippen MR) is 126 cm³/mol. The number of nitrogens with zero attached hydrogens (tertiary/aromatic N) is 2. The SMILES string of the molecule is CCCN(CC(=O)N1CCc2sccc2[C@H]1COc1ccccc1OC)C[C@@H](O)COC. The van der Waals surface area contributed by atoms with Gasteiger partial charge in [0.2, 0.25) is 5.91 Å². The topological polar surface area (TPSA) is 71.5 Å². The van der Waals surface area contributed by atoms with Crippen molar-refractivity contribution >= 4 is 17.2 Å². The second kappa shape index (κ2) is 12.2. The van der Waals surface area contributed by atoms with E-state index < -0.39 is 6.10 Å². The molecule has 1 N–H and O–H groups in total. The first kappa shape index (κ1) is 24.5. The average molecular weight is 463 g/mol. The van der Waals surface area contributed by atoms with Gasteiger partial charge in [0, 0.05) is 25.1 Å². The van der Waals surface area contributed by atoms with E-state index in [0.29, 0.717) is 31.2 Å². The number of aliphatic hydroxyl groups excluding tert-OH is 1. The largest absolute Gasteiger partial charge is 0.493 e. The Kier molecular flexibility index (Phi) is 9.35. The first-order valence-corrected chi connectivity index (χ1v) is 12.0. The molecule has 2 heterocycles. The maximum atomic E-state index is 13.4. The van der Waals surface area contributed by atoms with Gasteiger partial charge in [0.15, 0.2) is 11.5 Å². The summed E-state index contributed by atoms with van der Waals surface area (Å²) in [4.78, 5) is 18.6. The third kappa shape index (κ3) is 6.22. The minimum absolute atomic E-state index is 0.0496. The lowest BCUT2D eigenvalue weighted by molar-refractivity contribution is -0.136. The number of carbonyl (C=O) groups is 1. The Morgan fingerprint density at radius 2 is 2.06 bits per heavy atom. The number of rotatable bonds is 12. The van der Waals surface area contributed by atoms with E-state index in [-0.39, 0.29) is 25.1 Å². The van der Waals surface area contributed by atoms with Crippen LogP contribution < -0.4 is 9.47 Å². The highest BCUT2D eigenvalue weighted by atomic mass is 32.1. The summed E-state index contributed by atoms with van der Waals surface area (Å²) in [6, 6.07) is 9.49. The number of thiophene rings is 1. The minimum Gasteiger partial charge on any atom is -0.493 e. The Hall–Kier alpha value is -2.13. The van der Waals surface area contributed by atoms with E-state index >= 15 is 0 Å². The smallest absolute Gasteiger partial charge is 0.237 e. The zero-order chi connectivity index (χ0) is 22.9. The quantitative estimate of drug-likeness (QED) is 0.523. The molecule has 2 atom stereocenters. The molecule has 1 aromatic heterocycles. The number of hydrogen-bond acceptors (Lipinski definition) is 7. The molecular formula is C24H34N2O5S. The molecule has 0 spiro atoms. The molecule has 8 heteroatoms. The van der Waals surface area contributed by atoms with Crippen molar-refractivity contribution < 1.29 is 24.1 Å². The molecule has 1 aliphatic rings. The molecule has 0 radical (unpaired) electrons. The number of aliphatic hydroxyl groups is 1. The molecule has 0 saturated carbocycles. The van der Waals surface area contributed by atoms with Crippen molar-refractivity contribution in [3.05, 3.63) is 46.2 Å². The Morgan fingerprint density at radius 1 is 1.28 bits per heavy atom. The molecule has 1 aliphatic heterocycles. The molecule has 7 nitrogen and oxygen atoms in total. The molecular weight excluding hydrogens is 428 g/mol. The summed E-state index contributed by atoms with van der Waals surface area (Å²) in [5, 5.41) is 12.2. The lowest BCUT2D eigenvalue weighted by atomic mass is 10.0. The summed E-state index contributed by atoms with van der Waals surface area (Å²) in [5.41, 5.74) is 1.16. The van der Waals surface area contributed by atoms with Crippen molar-refractivity contribution in [3.63, 3.8) is 0 Å². The van der Waals surface area contributed by atoms with Crippen LogP contribution in [0.1, 0.15) is 29.8 Å². The molecule has 32 heavy (non-hydrogen) atoms. The number of para-hydroxylation sites is 2. The van der Waals surface area contributed by atoms with Crippen LogP contribution in [0.4, 0.5) is 0 Å². The van der Waals surface area contributed by atoms with Crippen LogP contribution in [0, 0.1) is 0 Å². The van der Waals surface area contributed by atoms with Crippen LogP contribution in [-0.4, -0.2) is 80.5 Å². The van der Waals surface area contributed by atoms with Crippen molar-refractivity contribution in [3.8, 4) is 11.5 Å². The third-order valence-electron chi connectivity index (χ3n) is 5.61. The van der Waals surface area contributed by atoms with E-state index in [1.807, 2.05) is 34.1 Å². The first-order valence-electron chi connectivity index (χ1n) is 11.1. The number of amides is 1. The highest BCUT2D eigenvalue weighted by Gasteiger charge is 2.33. The van der Waals surface area contributed by atoms with Gasteiger partial charge in [0.1, 0.15) is 6.61 Å². The molecule has 1 aromatic carbocycles. The van der Waals surface area contributed by atoms with Gasteiger partial charge in [-0.25, -0.2) is 0 Å². The molecule has 0 aliphatic carbocycles.